The monoisotopic (exact) mass is 405 g/mol. The normalized spacial score (nSPS) is 16.4. The molecule has 1 saturated carbocycles. The molecule has 1 aliphatic carbocycles. The predicted molar refractivity (Wildman–Crippen MR) is 114 cm³/mol. The van der Waals surface area contributed by atoms with Crippen LogP contribution in [-0.4, -0.2) is 33.7 Å². The van der Waals surface area contributed by atoms with Gasteiger partial charge in [0, 0.05) is 18.7 Å². The van der Waals surface area contributed by atoms with E-state index < -0.39 is 5.60 Å². The maximum absolute atomic E-state index is 12.4. The zero-order valence-corrected chi connectivity index (χ0v) is 19.0. The van der Waals surface area contributed by atoms with E-state index in [0.717, 1.165) is 24.5 Å². The second-order valence-corrected chi connectivity index (χ2v) is 9.56. The third kappa shape index (κ3) is 8.58. The number of nitrogens with zero attached hydrogens (tertiary/aromatic N) is 3. The van der Waals surface area contributed by atoms with Crippen molar-refractivity contribution in [3.8, 4) is 0 Å². The van der Waals surface area contributed by atoms with Crippen molar-refractivity contribution < 1.29 is 14.1 Å². The minimum absolute atomic E-state index is 0.0928. The highest BCUT2D eigenvalue weighted by molar-refractivity contribution is 5.70. The van der Waals surface area contributed by atoms with Crippen LogP contribution < -0.4 is 0 Å². The van der Waals surface area contributed by atoms with Crippen molar-refractivity contribution in [2.24, 2.45) is 5.92 Å². The van der Waals surface area contributed by atoms with Gasteiger partial charge in [-0.05, 0) is 40.0 Å². The van der Waals surface area contributed by atoms with E-state index in [9.17, 15) is 4.79 Å². The van der Waals surface area contributed by atoms with Gasteiger partial charge < -0.3 is 14.2 Å². The Morgan fingerprint density at radius 2 is 2.00 bits per heavy atom. The second kappa shape index (κ2) is 10.8. The van der Waals surface area contributed by atoms with Gasteiger partial charge in [-0.1, -0.05) is 56.7 Å². The molecule has 0 radical (unpaired) electrons. The molecule has 0 bridgehead atoms. The molecule has 1 fully saturated rings. The van der Waals surface area contributed by atoms with Crippen LogP contribution >= 0.6 is 0 Å². The summed E-state index contributed by atoms with van der Waals surface area (Å²) in [6.45, 7) is 12.1. The van der Waals surface area contributed by atoms with Gasteiger partial charge >= 0.3 is 5.97 Å². The number of carbonyl (C=O) groups is 1. The first-order chi connectivity index (χ1) is 13.6. The fourth-order valence-corrected chi connectivity index (χ4v) is 3.87. The molecular weight excluding hydrogens is 366 g/mol. The summed E-state index contributed by atoms with van der Waals surface area (Å²) in [4.78, 5) is 19.0. The standard InChI is InChI=1S/C23H39N3O3/c1-17(2)26(6)16-20-24-22(29-25-20)19(15-21(27)28-23(3,4)5)14-10-13-18-11-8-7-9-12-18/h18-19H,1,7-16H2,2-6H3. The lowest BCUT2D eigenvalue weighted by Crippen LogP contribution is -2.25. The molecular formula is C23H39N3O3. The molecule has 0 spiro atoms. The maximum atomic E-state index is 12.4. The Balaban J connectivity index is 1.99. The number of rotatable bonds is 10. The van der Waals surface area contributed by atoms with Crippen LogP contribution in [0.15, 0.2) is 16.8 Å². The van der Waals surface area contributed by atoms with Crippen molar-refractivity contribution in [1.82, 2.24) is 15.0 Å². The number of carbonyl (C=O) groups excluding carboxylic acids is 1. The van der Waals surface area contributed by atoms with Crippen molar-refractivity contribution in [1.29, 1.82) is 0 Å². The Bertz CT molecular complexity index is 657. The van der Waals surface area contributed by atoms with Crippen LogP contribution in [0.3, 0.4) is 0 Å². The van der Waals surface area contributed by atoms with Gasteiger partial charge in [0.25, 0.3) is 0 Å². The van der Waals surface area contributed by atoms with Crippen LogP contribution in [0.1, 0.15) is 103 Å². The van der Waals surface area contributed by atoms with Gasteiger partial charge in [-0.2, -0.15) is 4.98 Å². The number of allylic oxidation sites excluding steroid dienone is 1. The average molecular weight is 406 g/mol. The highest BCUT2D eigenvalue weighted by Gasteiger charge is 2.26. The Morgan fingerprint density at radius 3 is 2.62 bits per heavy atom. The molecule has 0 saturated heterocycles. The maximum Gasteiger partial charge on any atom is 0.307 e. The Labute approximate surface area is 176 Å². The van der Waals surface area contributed by atoms with Crippen molar-refractivity contribution in [3.63, 3.8) is 0 Å². The summed E-state index contributed by atoms with van der Waals surface area (Å²) < 4.78 is 11.1. The highest BCUT2D eigenvalue weighted by Crippen LogP contribution is 2.31. The minimum Gasteiger partial charge on any atom is -0.460 e. The van der Waals surface area contributed by atoms with E-state index in [1.165, 1.54) is 38.5 Å². The molecule has 29 heavy (non-hydrogen) atoms. The number of aromatic nitrogens is 2. The first-order valence-corrected chi connectivity index (χ1v) is 11.0. The smallest absolute Gasteiger partial charge is 0.307 e. The average Bonchev–Trinajstić information content (AvgIpc) is 3.08. The van der Waals surface area contributed by atoms with Crippen LogP contribution in [0.4, 0.5) is 0 Å². The van der Waals surface area contributed by atoms with Gasteiger partial charge in [0.2, 0.25) is 5.89 Å². The van der Waals surface area contributed by atoms with Gasteiger partial charge in [-0.25, -0.2) is 0 Å². The lowest BCUT2D eigenvalue weighted by molar-refractivity contribution is -0.155. The second-order valence-electron chi connectivity index (χ2n) is 9.56. The summed E-state index contributed by atoms with van der Waals surface area (Å²) in [5.74, 6) is 1.69. The van der Waals surface area contributed by atoms with Crippen molar-refractivity contribution in [3.05, 3.63) is 24.0 Å². The molecule has 1 heterocycles. The number of ether oxygens (including phenoxy) is 1. The summed E-state index contributed by atoms with van der Waals surface area (Å²) in [6, 6.07) is 0. The molecule has 6 nitrogen and oxygen atoms in total. The molecule has 1 unspecified atom stereocenters. The van der Waals surface area contributed by atoms with Crippen LogP contribution in [0.25, 0.3) is 0 Å². The topological polar surface area (TPSA) is 68.5 Å². The van der Waals surface area contributed by atoms with Gasteiger partial charge in [0.05, 0.1) is 13.0 Å². The summed E-state index contributed by atoms with van der Waals surface area (Å²) >= 11 is 0. The third-order valence-electron chi connectivity index (χ3n) is 5.59. The molecule has 6 heteroatoms. The van der Waals surface area contributed by atoms with E-state index in [4.69, 9.17) is 9.26 Å². The van der Waals surface area contributed by atoms with E-state index in [1.807, 2.05) is 39.6 Å². The molecule has 164 valence electrons. The molecule has 2 rings (SSSR count). The summed E-state index contributed by atoms with van der Waals surface area (Å²) in [7, 11) is 1.95. The third-order valence-corrected chi connectivity index (χ3v) is 5.59. The lowest BCUT2D eigenvalue weighted by Gasteiger charge is -2.23. The first kappa shape index (κ1) is 23.4. The van der Waals surface area contributed by atoms with Crippen LogP contribution in [0.2, 0.25) is 0 Å². The fourth-order valence-electron chi connectivity index (χ4n) is 3.87. The number of esters is 1. The van der Waals surface area contributed by atoms with E-state index in [-0.39, 0.29) is 18.3 Å². The Morgan fingerprint density at radius 1 is 1.31 bits per heavy atom. The molecule has 1 aromatic rings. The predicted octanol–water partition coefficient (Wildman–Crippen LogP) is 5.60. The van der Waals surface area contributed by atoms with E-state index in [1.54, 1.807) is 0 Å². The van der Waals surface area contributed by atoms with Crippen LogP contribution in [0.5, 0.6) is 0 Å². The van der Waals surface area contributed by atoms with Crippen LogP contribution in [0, 0.1) is 5.92 Å². The zero-order chi connectivity index (χ0) is 21.4. The number of hydrogen-bond acceptors (Lipinski definition) is 6. The molecule has 0 N–H and O–H groups in total. The fraction of sp³-hybridized carbons (Fsp3) is 0.783. The molecule has 0 aliphatic heterocycles. The van der Waals surface area contributed by atoms with Crippen molar-refractivity contribution in [2.45, 2.75) is 104 Å². The van der Waals surface area contributed by atoms with E-state index >= 15 is 0 Å². The van der Waals surface area contributed by atoms with Crippen molar-refractivity contribution >= 4 is 5.97 Å². The molecule has 0 aromatic carbocycles. The quantitative estimate of drug-likeness (QED) is 0.472. The van der Waals surface area contributed by atoms with E-state index in [2.05, 4.69) is 16.7 Å². The van der Waals surface area contributed by atoms with Gasteiger partial charge in [0.1, 0.15) is 5.60 Å². The largest absolute Gasteiger partial charge is 0.460 e. The summed E-state index contributed by atoms with van der Waals surface area (Å²) in [5.41, 5.74) is 0.447. The summed E-state index contributed by atoms with van der Waals surface area (Å²) in [6.07, 6.45) is 10.2. The first-order valence-electron chi connectivity index (χ1n) is 11.0. The summed E-state index contributed by atoms with van der Waals surface area (Å²) in [5, 5.41) is 4.12. The minimum atomic E-state index is -0.492. The van der Waals surface area contributed by atoms with E-state index in [0.29, 0.717) is 18.3 Å². The zero-order valence-electron chi connectivity index (χ0n) is 19.0. The molecule has 1 atom stereocenters. The molecule has 0 amide bonds. The Kier molecular flexibility index (Phi) is 8.72. The van der Waals surface area contributed by atoms with Gasteiger partial charge in [-0.15, -0.1) is 0 Å². The molecule has 1 aliphatic rings. The highest BCUT2D eigenvalue weighted by atomic mass is 16.6. The van der Waals surface area contributed by atoms with Crippen molar-refractivity contribution in [2.75, 3.05) is 7.05 Å². The lowest BCUT2D eigenvalue weighted by atomic mass is 9.84. The molecule has 1 aromatic heterocycles. The Hall–Kier alpha value is -1.85. The van der Waals surface area contributed by atoms with Gasteiger partial charge in [0.15, 0.2) is 5.82 Å². The SMILES string of the molecule is C=C(C)N(C)Cc1noc(C(CCCC2CCCCC2)CC(=O)OC(C)(C)C)n1. The van der Waals surface area contributed by atoms with Gasteiger partial charge in [-0.3, -0.25) is 4.79 Å². The van der Waals surface area contributed by atoms with Crippen LogP contribution in [-0.2, 0) is 16.1 Å². The number of hydrogen-bond donors (Lipinski definition) is 0.